The molecule has 0 saturated carbocycles. The summed E-state index contributed by atoms with van der Waals surface area (Å²) in [5.74, 6) is -1.78. The largest absolute Gasteiger partial charge is 0.479 e. The second kappa shape index (κ2) is 5.95. The molecule has 0 aromatic carbocycles. The first-order valence-corrected chi connectivity index (χ1v) is 4.07. The number of carbonyl (C=O) groups is 1. The minimum Gasteiger partial charge on any atom is -0.479 e. The van der Waals surface area contributed by atoms with E-state index in [1.54, 1.807) is 0 Å². The van der Waals surface area contributed by atoms with Crippen molar-refractivity contribution in [2.24, 2.45) is 0 Å². The van der Waals surface area contributed by atoms with Gasteiger partial charge in [-0.3, -0.25) is 0 Å². The Labute approximate surface area is 84.7 Å². The molecule has 15 heavy (non-hydrogen) atoms. The van der Waals surface area contributed by atoms with Crippen molar-refractivity contribution in [3.05, 3.63) is 0 Å². The molecule has 8 heteroatoms. The van der Waals surface area contributed by atoms with E-state index in [1.165, 1.54) is 0 Å². The molecule has 0 fully saturated rings. The van der Waals surface area contributed by atoms with Gasteiger partial charge in [-0.05, 0) is 0 Å². The Kier molecular flexibility index (Phi) is 5.65. The smallest absolute Gasteiger partial charge is 0.335 e. The average Bonchev–Trinajstić information content (AvgIpc) is 2.23. The van der Waals surface area contributed by atoms with Crippen LogP contribution in [0.15, 0.2) is 0 Å². The van der Waals surface area contributed by atoms with Gasteiger partial charge in [0.1, 0.15) is 24.4 Å². The average molecular weight is 226 g/mol. The molecule has 0 aliphatic heterocycles. The highest BCUT2D eigenvalue weighted by Gasteiger charge is 2.36. The van der Waals surface area contributed by atoms with Gasteiger partial charge in [-0.15, -0.1) is 0 Å². The first-order valence-electron chi connectivity index (χ1n) is 4.07. The monoisotopic (exact) mass is 226 g/mol. The molecule has 0 aliphatic rings. The minimum absolute atomic E-state index is 0.881. The van der Waals surface area contributed by atoms with Gasteiger partial charge in [0, 0.05) is 0 Å². The van der Waals surface area contributed by atoms with E-state index in [1.807, 2.05) is 0 Å². The van der Waals surface area contributed by atoms with Gasteiger partial charge in [-0.1, -0.05) is 0 Å². The summed E-state index contributed by atoms with van der Waals surface area (Å²) < 4.78 is 0. The standard InChI is InChI=1S/C7H14O8/c8-1-2(9)3(10)4(11)5(12)6(13)7(14)15/h2-6,8-13H,1H2,(H,14,15)/t2-,3-,4+,5+,6-/m0/s1. The van der Waals surface area contributed by atoms with Gasteiger partial charge < -0.3 is 35.7 Å². The lowest BCUT2D eigenvalue weighted by Crippen LogP contribution is -2.51. The maximum Gasteiger partial charge on any atom is 0.335 e. The lowest BCUT2D eigenvalue weighted by atomic mass is 9.99. The van der Waals surface area contributed by atoms with E-state index in [0.29, 0.717) is 0 Å². The molecule has 0 spiro atoms. The van der Waals surface area contributed by atoms with Gasteiger partial charge in [0.05, 0.1) is 6.61 Å². The zero-order valence-electron chi connectivity index (χ0n) is 7.63. The van der Waals surface area contributed by atoms with Crippen LogP contribution in [-0.2, 0) is 4.79 Å². The predicted octanol–water partition coefficient (Wildman–Crippen LogP) is -4.13. The van der Waals surface area contributed by atoms with Gasteiger partial charge in [0.25, 0.3) is 0 Å². The Hall–Kier alpha value is -0.770. The van der Waals surface area contributed by atoms with Crippen LogP contribution >= 0.6 is 0 Å². The number of hydrogen-bond acceptors (Lipinski definition) is 7. The van der Waals surface area contributed by atoms with E-state index < -0.39 is 43.1 Å². The van der Waals surface area contributed by atoms with Crippen molar-refractivity contribution >= 4 is 5.97 Å². The number of aliphatic carboxylic acids is 1. The Bertz CT molecular complexity index is 207. The van der Waals surface area contributed by atoms with Crippen molar-refractivity contribution in [3.63, 3.8) is 0 Å². The predicted molar refractivity (Wildman–Crippen MR) is 44.8 cm³/mol. The lowest BCUT2D eigenvalue weighted by molar-refractivity contribution is -0.169. The quantitative estimate of drug-likeness (QED) is 0.240. The van der Waals surface area contributed by atoms with Crippen LogP contribution in [0.25, 0.3) is 0 Å². The summed E-state index contributed by atoms with van der Waals surface area (Å²) in [7, 11) is 0. The van der Waals surface area contributed by atoms with Crippen LogP contribution in [0, 0.1) is 0 Å². The fourth-order valence-electron chi connectivity index (χ4n) is 0.870. The second-order valence-electron chi connectivity index (χ2n) is 3.00. The molecule has 0 aromatic rings. The molecular formula is C7H14O8. The third-order valence-electron chi connectivity index (χ3n) is 1.86. The SMILES string of the molecule is O=C(O)[C@@H](O)[C@H](O)[C@H](O)[C@@H](O)[C@@H](O)CO. The summed E-state index contributed by atoms with van der Waals surface area (Å²) >= 11 is 0. The summed E-state index contributed by atoms with van der Waals surface area (Å²) in [6.45, 7) is -0.881. The first-order chi connectivity index (χ1) is 6.82. The van der Waals surface area contributed by atoms with Crippen LogP contribution in [0.2, 0.25) is 0 Å². The van der Waals surface area contributed by atoms with Gasteiger partial charge in [0.2, 0.25) is 0 Å². The summed E-state index contributed by atoms with van der Waals surface area (Å²) in [5, 5.41) is 61.5. The molecular weight excluding hydrogens is 212 g/mol. The normalized spacial score (nSPS) is 21.5. The number of rotatable bonds is 6. The third kappa shape index (κ3) is 3.70. The summed E-state index contributed by atoms with van der Waals surface area (Å²) in [6.07, 6.45) is -10.2. The molecule has 0 unspecified atom stereocenters. The van der Waals surface area contributed by atoms with E-state index in [0.717, 1.165) is 0 Å². The number of carboxylic acids is 1. The second-order valence-corrected chi connectivity index (χ2v) is 3.00. The van der Waals surface area contributed by atoms with Crippen LogP contribution in [0.5, 0.6) is 0 Å². The highest BCUT2D eigenvalue weighted by molar-refractivity contribution is 5.72. The van der Waals surface area contributed by atoms with Crippen molar-refractivity contribution < 1.29 is 40.5 Å². The Balaban J connectivity index is 4.42. The topological polar surface area (TPSA) is 159 Å². The maximum atomic E-state index is 10.2. The van der Waals surface area contributed by atoms with Crippen LogP contribution in [-0.4, -0.2) is 78.8 Å². The van der Waals surface area contributed by atoms with E-state index in [9.17, 15) is 4.79 Å². The Morgan fingerprint density at radius 1 is 0.933 bits per heavy atom. The molecule has 0 aliphatic carbocycles. The Morgan fingerprint density at radius 3 is 1.73 bits per heavy atom. The van der Waals surface area contributed by atoms with Gasteiger partial charge in [-0.25, -0.2) is 4.79 Å². The fraction of sp³-hybridized carbons (Fsp3) is 0.857. The minimum atomic E-state index is -2.29. The van der Waals surface area contributed by atoms with Crippen LogP contribution < -0.4 is 0 Å². The summed E-state index contributed by atoms with van der Waals surface area (Å²) in [5.41, 5.74) is 0. The lowest BCUT2D eigenvalue weighted by Gasteiger charge is -2.26. The highest BCUT2D eigenvalue weighted by Crippen LogP contribution is 2.08. The molecule has 5 atom stereocenters. The molecule has 0 saturated heterocycles. The van der Waals surface area contributed by atoms with Crippen LogP contribution in [0.1, 0.15) is 0 Å². The van der Waals surface area contributed by atoms with E-state index in [4.69, 9.17) is 35.7 Å². The maximum absolute atomic E-state index is 10.2. The number of aliphatic hydroxyl groups is 6. The summed E-state index contributed by atoms with van der Waals surface area (Å²) in [6, 6.07) is 0. The zero-order chi connectivity index (χ0) is 12.2. The van der Waals surface area contributed by atoms with Crippen molar-refractivity contribution in [3.8, 4) is 0 Å². The zero-order valence-corrected chi connectivity index (χ0v) is 7.63. The van der Waals surface area contributed by atoms with Gasteiger partial charge in [0.15, 0.2) is 6.10 Å². The number of hydrogen-bond donors (Lipinski definition) is 7. The van der Waals surface area contributed by atoms with Gasteiger partial charge in [-0.2, -0.15) is 0 Å². The molecule has 0 rings (SSSR count). The van der Waals surface area contributed by atoms with Crippen molar-refractivity contribution in [2.75, 3.05) is 6.61 Å². The number of aliphatic hydroxyl groups excluding tert-OH is 6. The molecule has 0 bridgehead atoms. The van der Waals surface area contributed by atoms with Crippen LogP contribution in [0.3, 0.4) is 0 Å². The highest BCUT2D eigenvalue weighted by atomic mass is 16.4. The van der Waals surface area contributed by atoms with Crippen molar-refractivity contribution in [2.45, 2.75) is 30.5 Å². The fourth-order valence-corrected chi connectivity index (χ4v) is 0.870. The molecule has 0 radical (unpaired) electrons. The van der Waals surface area contributed by atoms with Gasteiger partial charge >= 0.3 is 5.97 Å². The van der Waals surface area contributed by atoms with E-state index in [-0.39, 0.29) is 0 Å². The molecule has 7 N–H and O–H groups in total. The molecule has 0 heterocycles. The Morgan fingerprint density at radius 2 is 1.40 bits per heavy atom. The molecule has 0 amide bonds. The first kappa shape index (κ1) is 14.2. The van der Waals surface area contributed by atoms with Crippen molar-refractivity contribution in [1.82, 2.24) is 0 Å². The van der Waals surface area contributed by atoms with E-state index in [2.05, 4.69) is 0 Å². The molecule has 8 nitrogen and oxygen atoms in total. The van der Waals surface area contributed by atoms with Crippen LogP contribution in [0.4, 0.5) is 0 Å². The molecule has 0 aromatic heterocycles. The van der Waals surface area contributed by atoms with E-state index >= 15 is 0 Å². The third-order valence-corrected chi connectivity index (χ3v) is 1.86. The number of carboxylic acid groups (broad SMARTS) is 1. The van der Waals surface area contributed by atoms with Crippen molar-refractivity contribution in [1.29, 1.82) is 0 Å². The summed E-state index contributed by atoms with van der Waals surface area (Å²) in [4.78, 5) is 10.2. The molecule has 90 valence electrons.